The molecule has 1 atom stereocenters. The maximum absolute atomic E-state index is 11.4. The molecule has 0 bridgehead atoms. The quantitative estimate of drug-likeness (QED) is 0.800. The lowest BCUT2D eigenvalue weighted by Crippen LogP contribution is -2.19. The SMILES string of the molecule is CC(O)C(=O)CC(=N)c1ccc(Oc2ccccc2)cc1. The third-order valence-corrected chi connectivity index (χ3v) is 3.00. The first kappa shape index (κ1) is 14.9. The second kappa shape index (κ2) is 6.81. The molecule has 0 aliphatic heterocycles. The second-order valence-corrected chi connectivity index (χ2v) is 4.74. The highest BCUT2D eigenvalue weighted by molar-refractivity contribution is 6.10. The van der Waals surface area contributed by atoms with Gasteiger partial charge >= 0.3 is 0 Å². The number of rotatable bonds is 6. The zero-order valence-electron chi connectivity index (χ0n) is 11.7. The van der Waals surface area contributed by atoms with E-state index >= 15 is 0 Å². The fraction of sp³-hybridized carbons (Fsp3) is 0.176. The van der Waals surface area contributed by atoms with Gasteiger partial charge in [0.05, 0.1) is 6.42 Å². The van der Waals surface area contributed by atoms with Crippen molar-refractivity contribution in [2.24, 2.45) is 0 Å². The zero-order chi connectivity index (χ0) is 15.2. The minimum absolute atomic E-state index is 0.0729. The fourth-order valence-corrected chi connectivity index (χ4v) is 1.77. The highest BCUT2D eigenvalue weighted by Crippen LogP contribution is 2.21. The van der Waals surface area contributed by atoms with E-state index in [1.54, 1.807) is 24.3 Å². The molecule has 0 aliphatic carbocycles. The van der Waals surface area contributed by atoms with Crippen molar-refractivity contribution >= 4 is 11.5 Å². The number of aliphatic hydroxyl groups excluding tert-OH is 1. The molecule has 0 fully saturated rings. The molecular weight excluding hydrogens is 266 g/mol. The Balaban J connectivity index is 2.02. The van der Waals surface area contributed by atoms with Crippen LogP contribution in [0.1, 0.15) is 18.9 Å². The minimum atomic E-state index is -1.04. The van der Waals surface area contributed by atoms with Crippen LogP contribution >= 0.6 is 0 Å². The third kappa shape index (κ3) is 4.26. The van der Waals surface area contributed by atoms with E-state index < -0.39 is 6.10 Å². The number of carbonyl (C=O) groups excluding carboxylic acids is 1. The van der Waals surface area contributed by atoms with Gasteiger partial charge in [-0.2, -0.15) is 0 Å². The summed E-state index contributed by atoms with van der Waals surface area (Å²) in [6, 6.07) is 16.4. The van der Waals surface area contributed by atoms with E-state index in [4.69, 9.17) is 15.3 Å². The van der Waals surface area contributed by atoms with Crippen LogP contribution in [0.15, 0.2) is 54.6 Å². The van der Waals surface area contributed by atoms with Crippen molar-refractivity contribution in [1.82, 2.24) is 0 Å². The fourth-order valence-electron chi connectivity index (χ4n) is 1.77. The zero-order valence-corrected chi connectivity index (χ0v) is 11.7. The van der Waals surface area contributed by atoms with Crippen molar-refractivity contribution in [2.75, 3.05) is 0 Å². The number of carbonyl (C=O) groups is 1. The van der Waals surface area contributed by atoms with Crippen molar-refractivity contribution in [3.63, 3.8) is 0 Å². The van der Waals surface area contributed by atoms with Crippen LogP contribution in [0.2, 0.25) is 0 Å². The van der Waals surface area contributed by atoms with Crippen LogP contribution in [0.3, 0.4) is 0 Å². The van der Waals surface area contributed by atoms with Gasteiger partial charge in [-0.05, 0) is 48.9 Å². The molecule has 2 N–H and O–H groups in total. The van der Waals surface area contributed by atoms with E-state index in [1.165, 1.54) is 6.92 Å². The maximum atomic E-state index is 11.4. The van der Waals surface area contributed by atoms with Crippen molar-refractivity contribution < 1.29 is 14.6 Å². The number of Topliss-reactive ketones (excluding diaryl/α,β-unsaturated/α-hetero) is 1. The molecule has 0 saturated carbocycles. The van der Waals surface area contributed by atoms with Gasteiger partial charge in [0.15, 0.2) is 5.78 Å². The molecule has 0 saturated heterocycles. The standard InChI is InChI=1S/C17H17NO3/c1-12(19)17(20)11-16(18)13-7-9-15(10-8-13)21-14-5-3-2-4-6-14/h2-10,12,18-19H,11H2,1H3. The lowest BCUT2D eigenvalue weighted by molar-refractivity contribution is -0.125. The lowest BCUT2D eigenvalue weighted by Gasteiger charge is -2.08. The molecule has 2 aromatic carbocycles. The predicted octanol–water partition coefficient (Wildman–Crippen LogP) is 3.19. The van der Waals surface area contributed by atoms with Gasteiger partial charge in [-0.1, -0.05) is 18.2 Å². The number of nitrogens with one attached hydrogen (secondary N) is 1. The number of ketones is 1. The van der Waals surface area contributed by atoms with Gasteiger partial charge < -0.3 is 15.3 Å². The molecule has 4 nitrogen and oxygen atoms in total. The molecule has 1 unspecified atom stereocenters. The number of aliphatic hydroxyl groups is 1. The smallest absolute Gasteiger partial charge is 0.166 e. The molecule has 4 heteroatoms. The Morgan fingerprint density at radius 3 is 2.24 bits per heavy atom. The molecule has 0 radical (unpaired) electrons. The lowest BCUT2D eigenvalue weighted by atomic mass is 10.0. The van der Waals surface area contributed by atoms with E-state index in [1.807, 2.05) is 30.3 Å². The monoisotopic (exact) mass is 283 g/mol. The number of hydrogen-bond acceptors (Lipinski definition) is 4. The number of ether oxygens (including phenoxy) is 1. The van der Waals surface area contributed by atoms with Crippen molar-refractivity contribution in [2.45, 2.75) is 19.4 Å². The third-order valence-electron chi connectivity index (χ3n) is 3.00. The summed E-state index contributed by atoms with van der Waals surface area (Å²) in [6.07, 6.45) is -1.11. The van der Waals surface area contributed by atoms with Crippen molar-refractivity contribution in [3.05, 3.63) is 60.2 Å². The predicted molar refractivity (Wildman–Crippen MR) is 81.1 cm³/mol. The Labute approximate surface area is 123 Å². The van der Waals surface area contributed by atoms with Gasteiger partial charge in [0, 0.05) is 5.71 Å². The first-order valence-corrected chi connectivity index (χ1v) is 6.68. The summed E-state index contributed by atoms with van der Waals surface area (Å²) in [4.78, 5) is 11.4. The molecule has 0 amide bonds. The Hall–Kier alpha value is -2.46. The Kier molecular flexibility index (Phi) is 4.85. The molecular formula is C17H17NO3. The molecule has 2 rings (SSSR count). The van der Waals surface area contributed by atoms with Crippen LogP contribution in [0.5, 0.6) is 11.5 Å². The summed E-state index contributed by atoms with van der Waals surface area (Å²) in [7, 11) is 0. The number of para-hydroxylation sites is 1. The van der Waals surface area contributed by atoms with Crippen molar-refractivity contribution in [3.8, 4) is 11.5 Å². The highest BCUT2D eigenvalue weighted by atomic mass is 16.5. The summed E-state index contributed by atoms with van der Waals surface area (Å²) in [5.74, 6) is 1.05. The summed E-state index contributed by atoms with van der Waals surface area (Å²) < 4.78 is 5.65. The normalized spacial score (nSPS) is 11.7. The first-order valence-electron chi connectivity index (χ1n) is 6.68. The summed E-state index contributed by atoms with van der Waals surface area (Å²) in [5.41, 5.74) is 0.830. The topological polar surface area (TPSA) is 70.4 Å². The van der Waals surface area contributed by atoms with Gasteiger partial charge in [-0.3, -0.25) is 4.79 Å². The largest absolute Gasteiger partial charge is 0.457 e. The Morgan fingerprint density at radius 1 is 1.10 bits per heavy atom. The Bertz CT molecular complexity index is 618. The molecule has 0 spiro atoms. The average Bonchev–Trinajstić information content (AvgIpc) is 2.48. The first-order chi connectivity index (χ1) is 10.1. The Morgan fingerprint density at radius 2 is 1.67 bits per heavy atom. The van der Waals surface area contributed by atoms with E-state index in [9.17, 15) is 4.79 Å². The van der Waals surface area contributed by atoms with E-state index in [0.29, 0.717) is 11.3 Å². The summed E-state index contributed by atoms with van der Waals surface area (Å²) in [5, 5.41) is 17.0. The summed E-state index contributed by atoms with van der Waals surface area (Å²) >= 11 is 0. The van der Waals surface area contributed by atoms with Crippen LogP contribution < -0.4 is 4.74 Å². The molecule has 21 heavy (non-hydrogen) atoms. The highest BCUT2D eigenvalue weighted by Gasteiger charge is 2.13. The molecule has 108 valence electrons. The van der Waals surface area contributed by atoms with Gasteiger partial charge in [0.1, 0.15) is 17.6 Å². The second-order valence-electron chi connectivity index (χ2n) is 4.74. The molecule has 0 aromatic heterocycles. The van der Waals surface area contributed by atoms with Crippen LogP contribution in [0, 0.1) is 5.41 Å². The van der Waals surface area contributed by atoms with Gasteiger partial charge in [-0.15, -0.1) is 0 Å². The minimum Gasteiger partial charge on any atom is -0.457 e. The number of hydrogen-bond donors (Lipinski definition) is 2. The van der Waals surface area contributed by atoms with Crippen LogP contribution in [0.4, 0.5) is 0 Å². The van der Waals surface area contributed by atoms with Gasteiger partial charge in [0.25, 0.3) is 0 Å². The summed E-state index contributed by atoms with van der Waals surface area (Å²) in [6.45, 7) is 1.41. The van der Waals surface area contributed by atoms with Gasteiger partial charge in [0.2, 0.25) is 0 Å². The van der Waals surface area contributed by atoms with E-state index in [0.717, 1.165) is 5.75 Å². The van der Waals surface area contributed by atoms with E-state index in [2.05, 4.69) is 0 Å². The van der Waals surface area contributed by atoms with Crippen LogP contribution in [0.25, 0.3) is 0 Å². The number of benzene rings is 2. The van der Waals surface area contributed by atoms with E-state index in [-0.39, 0.29) is 17.9 Å². The van der Waals surface area contributed by atoms with Crippen LogP contribution in [-0.2, 0) is 4.79 Å². The average molecular weight is 283 g/mol. The maximum Gasteiger partial charge on any atom is 0.166 e. The van der Waals surface area contributed by atoms with Crippen LogP contribution in [-0.4, -0.2) is 22.7 Å². The van der Waals surface area contributed by atoms with Crippen molar-refractivity contribution in [1.29, 1.82) is 5.41 Å². The van der Waals surface area contributed by atoms with Gasteiger partial charge in [-0.25, -0.2) is 0 Å². The molecule has 0 heterocycles. The molecule has 0 aliphatic rings. The molecule has 2 aromatic rings.